The van der Waals surface area contributed by atoms with Gasteiger partial charge in [-0.25, -0.2) is 9.59 Å². The van der Waals surface area contributed by atoms with E-state index >= 15 is 0 Å². The predicted octanol–water partition coefficient (Wildman–Crippen LogP) is 1.54. The van der Waals surface area contributed by atoms with Crippen molar-refractivity contribution in [2.24, 2.45) is 0 Å². The van der Waals surface area contributed by atoms with Crippen LogP contribution in [-0.4, -0.2) is 52.2 Å². The average Bonchev–Trinajstić information content (AvgIpc) is 3.32. The highest BCUT2D eigenvalue weighted by Crippen LogP contribution is 2.39. The molecule has 2 amide bonds. The van der Waals surface area contributed by atoms with Gasteiger partial charge in [0.2, 0.25) is 0 Å². The third-order valence-corrected chi connectivity index (χ3v) is 6.21. The van der Waals surface area contributed by atoms with Gasteiger partial charge >= 0.3 is 17.8 Å². The summed E-state index contributed by atoms with van der Waals surface area (Å²) in [6, 6.07) is 5.50. The number of carboxylic acids is 2. The molecule has 3 aromatic rings. The maximum atomic E-state index is 12.5. The van der Waals surface area contributed by atoms with E-state index in [0.29, 0.717) is 34.4 Å². The second-order valence-electron chi connectivity index (χ2n) is 7.01. The molecule has 1 atom stereocenters. The van der Waals surface area contributed by atoms with Gasteiger partial charge in [0, 0.05) is 16.8 Å². The first-order valence-electron chi connectivity index (χ1n) is 9.42. The highest BCUT2D eigenvalue weighted by molar-refractivity contribution is 7.17. The standard InChI is InChI=1S/C20H17N3O8S/c24-9-1-2-12-8(5-9)6-13(31-12)16(25)22-7-11-15-10(3-4-21-11)14(19(27)28)18(32-15)23-17(26)20(29)30/h1-2,5-6,11,21,24H,3-4,7H2,(H,22,25)(H,23,26)(H,27,28)(H,29,30)/t11-/m0/s1. The normalized spacial score (nSPS) is 15.2. The van der Waals surface area contributed by atoms with E-state index in [1.807, 2.05) is 0 Å². The van der Waals surface area contributed by atoms with Crippen LogP contribution in [0.25, 0.3) is 11.0 Å². The predicted molar refractivity (Wildman–Crippen MR) is 112 cm³/mol. The van der Waals surface area contributed by atoms with Crippen molar-refractivity contribution in [3.05, 3.63) is 46.0 Å². The van der Waals surface area contributed by atoms with E-state index in [2.05, 4.69) is 16.0 Å². The van der Waals surface area contributed by atoms with E-state index in [1.165, 1.54) is 18.2 Å². The molecule has 0 saturated carbocycles. The number of furan rings is 1. The molecule has 0 spiro atoms. The summed E-state index contributed by atoms with van der Waals surface area (Å²) in [6.07, 6.45) is 0.369. The highest BCUT2D eigenvalue weighted by atomic mass is 32.1. The minimum atomic E-state index is -1.73. The molecule has 166 valence electrons. The van der Waals surface area contributed by atoms with Crippen LogP contribution in [0.1, 0.15) is 37.4 Å². The van der Waals surface area contributed by atoms with E-state index in [0.717, 1.165) is 11.3 Å². The number of amides is 2. The summed E-state index contributed by atoms with van der Waals surface area (Å²) in [5, 5.41) is 36.5. The number of aromatic hydroxyl groups is 1. The summed E-state index contributed by atoms with van der Waals surface area (Å²) in [4.78, 5) is 47.3. The van der Waals surface area contributed by atoms with Gasteiger partial charge in [0.25, 0.3) is 5.91 Å². The largest absolute Gasteiger partial charge is 0.508 e. The lowest BCUT2D eigenvalue weighted by molar-refractivity contribution is -0.147. The molecule has 1 aromatic carbocycles. The summed E-state index contributed by atoms with van der Waals surface area (Å²) in [5.41, 5.74) is 0.782. The first-order chi connectivity index (χ1) is 15.2. The number of phenols is 1. The van der Waals surface area contributed by atoms with Crippen molar-refractivity contribution in [2.45, 2.75) is 12.5 Å². The Morgan fingerprint density at radius 2 is 1.97 bits per heavy atom. The van der Waals surface area contributed by atoms with Crippen molar-refractivity contribution >= 4 is 51.1 Å². The zero-order valence-corrected chi connectivity index (χ0v) is 17.1. The van der Waals surface area contributed by atoms with E-state index in [4.69, 9.17) is 9.52 Å². The van der Waals surface area contributed by atoms with Crippen LogP contribution in [0.3, 0.4) is 0 Å². The Morgan fingerprint density at radius 3 is 2.69 bits per heavy atom. The second kappa shape index (κ2) is 8.32. The van der Waals surface area contributed by atoms with Crippen molar-refractivity contribution in [1.82, 2.24) is 10.6 Å². The number of hydrogen-bond donors (Lipinski definition) is 6. The summed E-state index contributed by atoms with van der Waals surface area (Å²) in [7, 11) is 0. The molecule has 0 bridgehead atoms. The molecule has 0 aliphatic carbocycles. The van der Waals surface area contributed by atoms with Gasteiger partial charge in [-0.2, -0.15) is 0 Å². The van der Waals surface area contributed by atoms with Gasteiger partial charge in [0.05, 0.1) is 11.6 Å². The number of hydrogen-bond acceptors (Lipinski definition) is 8. The Hall–Kier alpha value is -3.90. The number of rotatable bonds is 5. The van der Waals surface area contributed by atoms with Crippen molar-refractivity contribution in [2.75, 3.05) is 18.4 Å². The van der Waals surface area contributed by atoms with Crippen molar-refractivity contribution in [1.29, 1.82) is 0 Å². The smallest absolute Gasteiger partial charge is 0.394 e. The minimum absolute atomic E-state index is 0.0434. The average molecular weight is 459 g/mol. The Balaban J connectivity index is 1.54. The molecule has 11 nitrogen and oxygen atoms in total. The molecule has 6 N–H and O–H groups in total. The van der Waals surface area contributed by atoms with Crippen LogP contribution >= 0.6 is 11.3 Å². The molecule has 1 aliphatic heterocycles. The molecular weight excluding hydrogens is 442 g/mol. The van der Waals surface area contributed by atoms with Crippen LogP contribution in [0.4, 0.5) is 5.00 Å². The molecule has 2 aromatic heterocycles. The van der Waals surface area contributed by atoms with Crippen LogP contribution in [0.5, 0.6) is 5.75 Å². The number of carboxylic acid groups (broad SMARTS) is 2. The fourth-order valence-corrected chi connectivity index (χ4v) is 4.85. The first kappa shape index (κ1) is 21.3. The van der Waals surface area contributed by atoms with Crippen LogP contribution in [0.2, 0.25) is 0 Å². The Morgan fingerprint density at radius 1 is 1.19 bits per heavy atom. The quantitative estimate of drug-likeness (QED) is 0.309. The zero-order valence-electron chi connectivity index (χ0n) is 16.3. The summed E-state index contributed by atoms with van der Waals surface area (Å²) >= 11 is 0.956. The number of carbonyl (C=O) groups is 4. The number of carbonyl (C=O) groups excluding carboxylic acids is 2. The number of aliphatic carboxylic acids is 1. The number of aromatic carboxylic acids is 1. The van der Waals surface area contributed by atoms with E-state index in [1.54, 1.807) is 6.07 Å². The zero-order chi connectivity index (χ0) is 23.0. The Bertz CT molecular complexity index is 1260. The molecule has 0 saturated heterocycles. The molecule has 0 unspecified atom stereocenters. The fourth-order valence-electron chi connectivity index (χ4n) is 3.54. The monoisotopic (exact) mass is 459 g/mol. The third-order valence-electron chi connectivity index (χ3n) is 4.95. The molecule has 12 heteroatoms. The lowest BCUT2D eigenvalue weighted by atomic mass is 9.99. The molecule has 0 fully saturated rings. The van der Waals surface area contributed by atoms with E-state index in [9.17, 15) is 29.4 Å². The highest BCUT2D eigenvalue weighted by Gasteiger charge is 2.32. The lowest BCUT2D eigenvalue weighted by Crippen LogP contribution is -2.38. The molecule has 32 heavy (non-hydrogen) atoms. The topological polar surface area (TPSA) is 178 Å². The van der Waals surface area contributed by atoms with Gasteiger partial charge in [0.1, 0.15) is 16.3 Å². The van der Waals surface area contributed by atoms with E-state index in [-0.39, 0.29) is 28.6 Å². The number of thiophene rings is 1. The lowest BCUT2D eigenvalue weighted by Gasteiger charge is -2.24. The van der Waals surface area contributed by atoms with Crippen LogP contribution in [0, 0.1) is 0 Å². The molecule has 3 heterocycles. The number of nitrogens with one attached hydrogen (secondary N) is 3. The number of phenolic OH excluding ortho intramolecular Hbond substituents is 1. The van der Waals surface area contributed by atoms with Crippen molar-refractivity contribution in [3.8, 4) is 5.75 Å². The number of benzene rings is 1. The Labute approximate surface area is 183 Å². The summed E-state index contributed by atoms with van der Waals surface area (Å²) < 4.78 is 5.49. The molecule has 0 radical (unpaired) electrons. The number of anilines is 1. The van der Waals surface area contributed by atoms with Gasteiger partial charge in [0.15, 0.2) is 5.76 Å². The second-order valence-corrected chi connectivity index (χ2v) is 8.07. The van der Waals surface area contributed by atoms with Gasteiger partial charge in [-0.1, -0.05) is 0 Å². The fraction of sp³-hybridized carbons (Fsp3) is 0.200. The van der Waals surface area contributed by atoms with E-state index < -0.39 is 29.8 Å². The maximum Gasteiger partial charge on any atom is 0.394 e. The van der Waals surface area contributed by atoms with Crippen LogP contribution < -0.4 is 16.0 Å². The SMILES string of the molecule is O=C(O)C(=O)Nc1sc2c(c1C(=O)O)CCN[C@H]2CNC(=O)c1cc2cc(O)ccc2o1. The van der Waals surface area contributed by atoms with Crippen LogP contribution in [-0.2, 0) is 16.0 Å². The van der Waals surface area contributed by atoms with Crippen molar-refractivity contribution in [3.63, 3.8) is 0 Å². The third kappa shape index (κ3) is 4.00. The van der Waals surface area contributed by atoms with Gasteiger partial charge in [-0.05, 0) is 42.8 Å². The summed E-state index contributed by atoms with van der Waals surface area (Å²) in [6.45, 7) is 0.529. The molecular formula is C20H17N3O8S. The molecule has 4 rings (SSSR count). The maximum absolute atomic E-state index is 12.5. The molecule has 1 aliphatic rings. The summed E-state index contributed by atoms with van der Waals surface area (Å²) in [5.74, 6) is -4.74. The minimum Gasteiger partial charge on any atom is -0.508 e. The van der Waals surface area contributed by atoms with Crippen molar-refractivity contribution < 1.29 is 38.9 Å². The van der Waals surface area contributed by atoms with Gasteiger partial charge in [-0.15, -0.1) is 11.3 Å². The van der Waals surface area contributed by atoms with Gasteiger partial charge < -0.3 is 35.7 Å². The first-order valence-corrected chi connectivity index (χ1v) is 10.2. The van der Waals surface area contributed by atoms with Crippen LogP contribution in [0.15, 0.2) is 28.7 Å². The number of fused-ring (bicyclic) bond motifs is 2. The van der Waals surface area contributed by atoms with Gasteiger partial charge in [-0.3, -0.25) is 9.59 Å². The Kier molecular flexibility index (Phi) is 5.55.